The van der Waals surface area contributed by atoms with Crippen molar-refractivity contribution in [1.82, 2.24) is 4.90 Å². The molecule has 0 N–H and O–H groups in total. The fourth-order valence-corrected chi connectivity index (χ4v) is 3.08. The number of nitrogens with zero attached hydrogens (tertiary/aromatic N) is 1. The van der Waals surface area contributed by atoms with Gasteiger partial charge in [-0.25, -0.2) is 0 Å². The molecule has 2 nitrogen and oxygen atoms in total. The van der Waals surface area contributed by atoms with Crippen molar-refractivity contribution in [3.8, 4) is 0 Å². The highest BCUT2D eigenvalue weighted by Gasteiger charge is 2.39. The van der Waals surface area contributed by atoms with Gasteiger partial charge in [0, 0.05) is 19.1 Å². The van der Waals surface area contributed by atoms with Crippen LogP contribution in [0.3, 0.4) is 0 Å². The van der Waals surface area contributed by atoms with E-state index in [9.17, 15) is 0 Å². The van der Waals surface area contributed by atoms with Gasteiger partial charge in [-0.3, -0.25) is 4.90 Å². The molecule has 0 amide bonds. The summed E-state index contributed by atoms with van der Waals surface area (Å²) in [5, 5.41) is 0. The van der Waals surface area contributed by atoms with Gasteiger partial charge in [0.2, 0.25) is 0 Å². The highest BCUT2D eigenvalue weighted by molar-refractivity contribution is 5.13. The van der Waals surface area contributed by atoms with Crippen molar-refractivity contribution in [2.75, 3.05) is 26.3 Å². The maximum Gasteiger partial charge on any atom is 0.0594 e. The number of hydrogen-bond donors (Lipinski definition) is 0. The molecule has 2 aliphatic carbocycles. The molecule has 2 heteroatoms. The van der Waals surface area contributed by atoms with Crippen LogP contribution in [0.1, 0.15) is 12.8 Å². The number of fused-ring (bicyclic) bond motifs is 2. The third-order valence-corrected chi connectivity index (χ3v) is 3.76. The van der Waals surface area contributed by atoms with Gasteiger partial charge in [-0.2, -0.15) is 0 Å². The van der Waals surface area contributed by atoms with Crippen LogP contribution in [-0.4, -0.2) is 37.2 Å². The largest absolute Gasteiger partial charge is 0.379 e. The Morgan fingerprint density at radius 1 is 1.08 bits per heavy atom. The Kier molecular flexibility index (Phi) is 1.91. The first-order chi connectivity index (χ1) is 6.43. The lowest BCUT2D eigenvalue weighted by molar-refractivity contribution is 0.0112. The van der Waals surface area contributed by atoms with Crippen LogP contribution >= 0.6 is 0 Å². The molecule has 0 radical (unpaired) electrons. The number of rotatable bonds is 1. The minimum atomic E-state index is 0.846. The predicted octanol–water partition coefficient (Wildman–Crippen LogP) is 1.28. The number of ether oxygens (including phenoxy) is 1. The van der Waals surface area contributed by atoms with Gasteiger partial charge >= 0.3 is 0 Å². The van der Waals surface area contributed by atoms with Gasteiger partial charge in [0.1, 0.15) is 0 Å². The second-order valence-electron chi connectivity index (χ2n) is 4.50. The van der Waals surface area contributed by atoms with Crippen molar-refractivity contribution < 1.29 is 4.74 Å². The van der Waals surface area contributed by atoms with Gasteiger partial charge in [0.05, 0.1) is 13.2 Å². The molecule has 3 aliphatic rings. The van der Waals surface area contributed by atoms with Crippen LogP contribution in [0.5, 0.6) is 0 Å². The molecule has 13 heavy (non-hydrogen) atoms. The van der Waals surface area contributed by atoms with Crippen molar-refractivity contribution in [2.45, 2.75) is 18.9 Å². The molecule has 1 saturated carbocycles. The van der Waals surface area contributed by atoms with Crippen LogP contribution in [0.4, 0.5) is 0 Å². The zero-order valence-corrected chi connectivity index (χ0v) is 7.98. The van der Waals surface area contributed by atoms with Crippen molar-refractivity contribution >= 4 is 0 Å². The van der Waals surface area contributed by atoms with E-state index < -0.39 is 0 Å². The molecule has 0 aromatic heterocycles. The summed E-state index contributed by atoms with van der Waals surface area (Å²) in [4.78, 5) is 2.64. The van der Waals surface area contributed by atoms with E-state index in [2.05, 4.69) is 17.1 Å². The van der Waals surface area contributed by atoms with Crippen molar-refractivity contribution in [3.05, 3.63) is 12.2 Å². The van der Waals surface area contributed by atoms with E-state index in [0.29, 0.717) is 0 Å². The average molecular weight is 179 g/mol. The number of morpholine rings is 1. The Bertz CT molecular complexity index is 220. The summed E-state index contributed by atoms with van der Waals surface area (Å²) in [6.45, 7) is 4.19. The fraction of sp³-hybridized carbons (Fsp3) is 0.818. The van der Waals surface area contributed by atoms with Crippen molar-refractivity contribution in [3.63, 3.8) is 0 Å². The summed E-state index contributed by atoms with van der Waals surface area (Å²) in [5.41, 5.74) is 0. The van der Waals surface area contributed by atoms with Gasteiger partial charge in [0.25, 0.3) is 0 Å². The minimum Gasteiger partial charge on any atom is -0.379 e. The maximum atomic E-state index is 5.38. The van der Waals surface area contributed by atoms with Gasteiger partial charge in [0.15, 0.2) is 0 Å². The minimum absolute atomic E-state index is 0.846. The predicted molar refractivity (Wildman–Crippen MR) is 51.5 cm³/mol. The van der Waals surface area contributed by atoms with E-state index in [1.807, 2.05) is 0 Å². The van der Waals surface area contributed by atoms with Gasteiger partial charge in [-0.05, 0) is 24.7 Å². The number of allylic oxidation sites excluding steroid dienone is 1. The van der Waals surface area contributed by atoms with Crippen LogP contribution in [0, 0.1) is 11.8 Å². The van der Waals surface area contributed by atoms with Crippen LogP contribution in [0.25, 0.3) is 0 Å². The summed E-state index contributed by atoms with van der Waals surface area (Å²) in [6, 6.07) is 0.846. The molecule has 0 aromatic rings. The van der Waals surface area contributed by atoms with Crippen molar-refractivity contribution in [1.29, 1.82) is 0 Å². The van der Waals surface area contributed by atoms with Crippen molar-refractivity contribution in [2.24, 2.45) is 11.8 Å². The lowest BCUT2D eigenvalue weighted by atomic mass is 9.99. The Labute approximate surface area is 79.6 Å². The number of hydrogen-bond acceptors (Lipinski definition) is 2. The topological polar surface area (TPSA) is 12.5 Å². The molecular formula is C11H17NO. The molecule has 0 aromatic carbocycles. The normalized spacial score (nSPS) is 44.5. The Hall–Kier alpha value is -0.340. The van der Waals surface area contributed by atoms with E-state index in [1.54, 1.807) is 0 Å². The van der Waals surface area contributed by atoms with E-state index in [0.717, 1.165) is 44.2 Å². The second-order valence-corrected chi connectivity index (χ2v) is 4.50. The molecule has 72 valence electrons. The Morgan fingerprint density at radius 3 is 2.54 bits per heavy atom. The van der Waals surface area contributed by atoms with Gasteiger partial charge < -0.3 is 4.74 Å². The van der Waals surface area contributed by atoms with Gasteiger partial charge in [-0.1, -0.05) is 12.2 Å². The summed E-state index contributed by atoms with van der Waals surface area (Å²) in [6.07, 6.45) is 7.68. The molecule has 0 spiro atoms. The van der Waals surface area contributed by atoms with E-state index in [4.69, 9.17) is 4.74 Å². The van der Waals surface area contributed by atoms with E-state index >= 15 is 0 Å². The highest BCUT2D eigenvalue weighted by atomic mass is 16.5. The molecular weight excluding hydrogens is 162 g/mol. The van der Waals surface area contributed by atoms with Crippen LogP contribution in [0.2, 0.25) is 0 Å². The Morgan fingerprint density at radius 2 is 1.92 bits per heavy atom. The third-order valence-electron chi connectivity index (χ3n) is 3.76. The molecule has 3 atom stereocenters. The summed E-state index contributed by atoms with van der Waals surface area (Å²) in [5.74, 6) is 1.76. The lowest BCUT2D eigenvalue weighted by Crippen LogP contribution is -2.45. The lowest BCUT2D eigenvalue weighted by Gasteiger charge is -2.35. The second kappa shape index (κ2) is 3.10. The molecule has 1 aliphatic heterocycles. The smallest absolute Gasteiger partial charge is 0.0594 e. The fourth-order valence-electron chi connectivity index (χ4n) is 3.08. The first-order valence-corrected chi connectivity index (χ1v) is 5.43. The summed E-state index contributed by atoms with van der Waals surface area (Å²) >= 11 is 0. The standard InChI is InChI=1S/C11H17NO/c1-2-10-7-9(1)8-11(10)12-3-5-13-6-4-12/h1-2,9-11H,3-8H2. The maximum absolute atomic E-state index is 5.38. The molecule has 2 bridgehead atoms. The first-order valence-electron chi connectivity index (χ1n) is 5.43. The molecule has 2 fully saturated rings. The van der Waals surface area contributed by atoms with Crippen LogP contribution in [0.15, 0.2) is 12.2 Å². The summed E-state index contributed by atoms with van der Waals surface area (Å²) in [7, 11) is 0. The monoisotopic (exact) mass is 179 g/mol. The quantitative estimate of drug-likeness (QED) is 0.562. The van der Waals surface area contributed by atoms with E-state index in [1.165, 1.54) is 12.8 Å². The summed E-state index contributed by atoms with van der Waals surface area (Å²) < 4.78 is 5.38. The molecule has 1 saturated heterocycles. The average Bonchev–Trinajstić information content (AvgIpc) is 2.80. The zero-order chi connectivity index (χ0) is 8.67. The highest BCUT2D eigenvalue weighted by Crippen LogP contribution is 2.41. The Balaban J connectivity index is 1.68. The van der Waals surface area contributed by atoms with Crippen LogP contribution in [-0.2, 0) is 4.74 Å². The molecule has 3 unspecified atom stereocenters. The zero-order valence-electron chi connectivity index (χ0n) is 7.98. The molecule has 3 rings (SSSR count). The van der Waals surface area contributed by atoms with Crippen LogP contribution < -0.4 is 0 Å². The first kappa shape index (κ1) is 8.01. The SMILES string of the molecule is C1=CC2CC1CC2N1CCOCC1. The molecule has 1 heterocycles. The van der Waals surface area contributed by atoms with E-state index in [-0.39, 0.29) is 0 Å². The van der Waals surface area contributed by atoms with Gasteiger partial charge in [-0.15, -0.1) is 0 Å². The third kappa shape index (κ3) is 1.32.